The number of aromatic nitrogens is 1. The summed E-state index contributed by atoms with van der Waals surface area (Å²) in [5.74, 6) is -1.75. The van der Waals surface area contributed by atoms with Crippen LogP contribution in [0.15, 0.2) is 59.3 Å². The highest BCUT2D eigenvalue weighted by atomic mass is 16.5. The lowest BCUT2D eigenvalue weighted by molar-refractivity contribution is -0.144. The van der Waals surface area contributed by atoms with Gasteiger partial charge >= 0.3 is 11.9 Å². The Morgan fingerprint density at radius 2 is 1.91 bits per heavy atom. The van der Waals surface area contributed by atoms with Gasteiger partial charge in [-0.25, -0.2) is 9.59 Å². The maximum Gasteiger partial charge on any atom is 0.335 e. The summed E-state index contributed by atoms with van der Waals surface area (Å²) in [6.45, 7) is 3.62. The molecule has 9 heteroatoms. The smallest absolute Gasteiger partial charge is 0.335 e. The molecule has 1 aliphatic heterocycles. The van der Waals surface area contributed by atoms with Crippen LogP contribution in [0.25, 0.3) is 17.0 Å². The van der Waals surface area contributed by atoms with E-state index in [1.807, 2.05) is 23.8 Å². The van der Waals surface area contributed by atoms with Crippen molar-refractivity contribution in [3.8, 4) is 0 Å². The molecule has 1 aliphatic rings. The van der Waals surface area contributed by atoms with Crippen molar-refractivity contribution in [3.05, 3.63) is 65.4 Å². The fourth-order valence-corrected chi connectivity index (χ4v) is 4.04. The second kappa shape index (κ2) is 8.86. The topological polar surface area (TPSA) is 127 Å². The van der Waals surface area contributed by atoms with Gasteiger partial charge in [-0.05, 0) is 61.9 Å². The molecule has 0 spiro atoms. The first-order chi connectivity index (χ1) is 16.2. The number of aromatic carboxylic acids is 1. The van der Waals surface area contributed by atoms with Crippen molar-refractivity contribution in [2.75, 3.05) is 17.9 Å². The van der Waals surface area contributed by atoms with E-state index in [4.69, 9.17) is 15.6 Å². The number of ether oxygens (including phenoxy) is 1. The number of amides is 1. The number of carboxylic acids is 1. The Morgan fingerprint density at radius 1 is 1.21 bits per heavy atom. The van der Waals surface area contributed by atoms with Crippen LogP contribution in [0.4, 0.5) is 11.4 Å². The van der Waals surface area contributed by atoms with Crippen molar-refractivity contribution in [2.45, 2.75) is 26.3 Å². The van der Waals surface area contributed by atoms with E-state index in [-0.39, 0.29) is 17.4 Å². The molecule has 0 saturated carbocycles. The summed E-state index contributed by atoms with van der Waals surface area (Å²) in [7, 11) is 1.35. The summed E-state index contributed by atoms with van der Waals surface area (Å²) in [4.78, 5) is 36.7. The number of hydrogen-bond acceptors (Lipinski definition) is 6. The molecule has 3 N–H and O–H groups in total. The zero-order valence-electron chi connectivity index (χ0n) is 19.0. The molecule has 174 valence electrons. The average molecular weight is 460 g/mol. The molecule has 0 aliphatic carbocycles. The van der Waals surface area contributed by atoms with Crippen LogP contribution in [-0.2, 0) is 14.3 Å². The van der Waals surface area contributed by atoms with Crippen molar-refractivity contribution >= 4 is 51.9 Å². The fraction of sp³-hybridized carbons (Fsp3) is 0.200. The minimum Gasteiger partial charge on any atom is -0.478 e. The number of esters is 1. The Balaban J connectivity index is 1.77. The Kier molecular flexibility index (Phi) is 5.93. The number of nitrogens with two attached hydrogens (primary N) is 1. The molecule has 4 rings (SSSR count). The standard InChI is InChI=1S/C25H24N4O5/c1-4-21(25(33)34-3)28-13-16(20-12-17(26)7-10-22(20)28)11-19-14(2)27-29(23(19)30)18-8-5-15(6-9-18)24(31)32/h5-13,21H,4,26H2,1-3H3,(H,31,32). The van der Waals surface area contributed by atoms with E-state index >= 15 is 0 Å². The molecule has 0 saturated heterocycles. The zero-order valence-corrected chi connectivity index (χ0v) is 19.0. The molecule has 1 amide bonds. The van der Waals surface area contributed by atoms with Gasteiger partial charge in [0.15, 0.2) is 0 Å². The predicted octanol–water partition coefficient (Wildman–Crippen LogP) is 3.85. The van der Waals surface area contributed by atoms with Crippen molar-refractivity contribution in [1.29, 1.82) is 0 Å². The lowest BCUT2D eigenvalue weighted by Gasteiger charge is -2.15. The van der Waals surface area contributed by atoms with Crippen LogP contribution >= 0.6 is 0 Å². The van der Waals surface area contributed by atoms with Gasteiger partial charge in [0.25, 0.3) is 5.91 Å². The van der Waals surface area contributed by atoms with Gasteiger partial charge in [0.2, 0.25) is 0 Å². The number of carbonyl (C=O) groups is 3. The Hall–Kier alpha value is -4.40. The molecule has 34 heavy (non-hydrogen) atoms. The Bertz CT molecular complexity index is 1370. The van der Waals surface area contributed by atoms with Crippen molar-refractivity contribution < 1.29 is 24.2 Å². The number of nitrogens with zero attached hydrogens (tertiary/aromatic N) is 3. The Morgan fingerprint density at radius 3 is 2.53 bits per heavy atom. The number of hydrazone groups is 1. The lowest BCUT2D eigenvalue weighted by Crippen LogP contribution is -2.21. The van der Waals surface area contributed by atoms with Gasteiger partial charge in [0.05, 0.1) is 29.6 Å². The number of methoxy groups -OCH3 is 1. The number of rotatable bonds is 6. The van der Waals surface area contributed by atoms with E-state index < -0.39 is 12.0 Å². The maximum absolute atomic E-state index is 13.2. The fourth-order valence-electron chi connectivity index (χ4n) is 4.04. The normalized spacial score (nSPS) is 15.6. The molecule has 1 unspecified atom stereocenters. The highest BCUT2D eigenvalue weighted by Crippen LogP contribution is 2.32. The first kappa shape index (κ1) is 22.8. The van der Waals surface area contributed by atoms with E-state index in [9.17, 15) is 14.4 Å². The van der Waals surface area contributed by atoms with E-state index in [0.717, 1.165) is 10.9 Å². The summed E-state index contributed by atoms with van der Waals surface area (Å²) in [5.41, 5.74) is 9.56. The van der Waals surface area contributed by atoms with E-state index in [1.165, 1.54) is 36.4 Å². The van der Waals surface area contributed by atoms with Crippen molar-refractivity contribution in [1.82, 2.24) is 4.57 Å². The quantitative estimate of drug-likeness (QED) is 0.327. The molecule has 2 heterocycles. The van der Waals surface area contributed by atoms with Gasteiger partial charge in [-0.1, -0.05) is 6.92 Å². The molecule has 0 fully saturated rings. The molecule has 2 aromatic carbocycles. The second-order valence-electron chi connectivity index (χ2n) is 7.93. The predicted molar refractivity (Wildman–Crippen MR) is 130 cm³/mol. The van der Waals surface area contributed by atoms with Crippen molar-refractivity contribution in [2.24, 2.45) is 5.10 Å². The number of carbonyl (C=O) groups excluding carboxylic acids is 2. The number of nitrogen functional groups attached to an aromatic ring is 1. The third-order valence-corrected chi connectivity index (χ3v) is 5.80. The van der Waals surface area contributed by atoms with Crippen LogP contribution in [0, 0.1) is 0 Å². The van der Waals surface area contributed by atoms with E-state index in [0.29, 0.717) is 34.6 Å². The van der Waals surface area contributed by atoms with Crippen LogP contribution in [0.2, 0.25) is 0 Å². The minimum atomic E-state index is -1.05. The van der Waals surface area contributed by atoms with Crippen LogP contribution in [0.1, 0.15) is 42.2 Å². The third-order valence-electron chi connectivity index (χ3n) is 5.80. The van der Waals surface area contributed by atoms with Gasteiger partial charge in [0, 0.05) is 28.4 Å². The van der Waals surface area contributed by atoms with E-state index in [1.54, 1.807) is 25.1 Å². The van der Waals surface area contributed by atoms with Gasteiger partial charge in [-0.3, -0.25) is 4.79 Å². The highest BCUT2D eigenvalue weighted by Gasteiger charge is 2.30. The van der Waals surface area contributed by atoms with E-state index in [2.05, 4.69) is 5.10 Å². The molecular formula is C25H24N4O5. The molecule has 0 radical (unpaired) electrons. The molecule has 1 aromatic heterocycles. The molecule has 0 bridgehead atoms. The number of anilines is 2. The summed E-state index contributed by atoms with van der Waals surface area (Å²) in [5, 5.41) is 15.5. The average Bonchev–Trinajstić information content (AvgIpc) is 3.31. The van der Waals surface area contributed by atoms with Gasteiger partial charge in [-0.15, -0.1) is 0 Å². The molecule has 9 nitrogen and oxygen atoms in total. The summed E-state index contributed by atoms with van der Waals surface area (Å²) >= 11 is 0. The first-order valence-corrected chi connectivity index (χ1v) is 10.7. The summed E-state index contributed by atoms with van der Waals surface area (Å²) < 4.78 is 6.81. The van der Waals surface area contributed by atoms with Crippen molar-refractivity contribution in [3.63, 3.8) is 0 Å². The SMILES string of the molecule is CCC(C(=O)OC)n1cc(C=C2C(=O)N(c3ccc(C(=O)O)cc3)N=C2C)c2cc(N)ccc21. The van der Waals surface area contributed by atoms with Crippen LogP contribution in [-0.4, -0.2) is 40.3 Å². The number of carboxylic acid groups (broad SMARTS) is 1. The number of hydrogen-bond donors (Lipinski definition) is 2. The summed E-state index contributed by atoms with van der Waals surface area (Å²) in [6, 6.07) is 10.8. The lowest BCUT2D eigenvalue weighted by atomic mass is 10.1. The second-order valence-corrected chi connectivity index (χ2v) is 7.93. The largest absolute Gasteiger partial charge is 0.478 e. The van der Waals surface area contributed by atoms with Crippen LogP contribution in [0.3, 0.4) is 0 Å². The van der Waals surface area contributed by atoms with Gasteiger partial charge in [0.1, 0.15) is 6.04 Å². The van der Waals surface area contributed by atoms with Crippen LogP contribution in [0.5, 0.6) is 0 Å². The van der Waals surface area contributed by atoms with Gasteiger partial charge in [-0.2, -0.15) is 10.1 Å². The van der Waals surface area contributed by atoms with Gasteiger partial charge < -0.3 is 20.1 Å². The molecular weight excluding hydrogens is 436 g/mol. The number of benzene rings is 2. The summed E-state index contributed by atoms with van der Waals surface area (Å²) in [6.07, 6.45) is 4.07. The minimum absolute atomic E-state index is 0.119. The first-order valence-electron chi connectivity index (χ1n) is 10.7. The van der Waals surface area contributed by atoms with Crippen LogP contribution < -0.4 is 10.7 Å². The molecule has 1 atom stereocenters. The highest BCUT2D eigenvalue weighted by molar-refractivity contribution is 6.32. The monoisotopic (exact) mass is 460 g/mol. The maximum atomic E-state index is 13.2. The Labute approximate surface area is 195 Å². The molecule has 3 aromatic rings. The third kappa shape index (κ3) is 3.92. The zero-order chi connectivity index (χ0) is 24.6. The number of fused-ring (bicyclic) bond motifs is 1.